The smallest absolute Gasteiger partial charge is 0.328 e. The van der Waals surface area contributed by atoms with Crippen molar-refractivity contribution in [1.29, 1.82) is 0 Å². The standard InChI is InChI=1S/C12H14N4O2/c1-9(2)18-11(17)8-16-12(13-14-15-16)10-6-4-3-5-7-10/h3-7,9H,8H2,1-2H3. The van der Waals surface area contributed by atoms with Gasteiger partial charge in [-0.3, -0.25) is 4.79 Å². The van der Waals surface area contributed by atoms with Gasteiger partial charge in [0.05, 0.1) is 6.10 Å². The monoisotopic (exact) mass is 246 g/mol. The molecule has 94 valence electrons. The average Bonchev–Trinajstić information content (AvgIpc) is 2.77. The van der Waals surface area contributed by atoms with Crippen LogP contribution in [0.5, 0.6) is 0 Å². The Morgan fingerprint density at radius 2 is 2.06 bits per heavy atom. The van der Waals surface area contributed by atoms with Gasteiger partial charge in [0.15, 0.2) is 5.82 Å². The molecule has 0 spiro atoms. The van der Waals surface area contributed by atoms with Crippen molar-refractivity contribution in [3.05, 3.63) is 30.3 Å². The lowest BCUT2D eigenvalue weighted by Gasteiger charge is -2.08. The number of hydrogen-bond acceptors (Lipinski definition) is 5. The van der Waals surface area contributed by atoms with Crippen LogP contribution in [0.4, 0.5) is 0 Å². The summed E-state index contributed by atoms with van der Waals surface area (Å²) in [5.41, 5.74) is 0.861. The Morgan fingerprint density at radius 3 is 2.72 bits per heavy atom. The van der Waals surface area contributed by atoms with Gasteiger partial charge in [-0.2, -0.15) is 0 Å². The second kappa shape index (κ2) is 5.39. The summed E-state index contributed by atoms with van der Waals surface area (Å²) < 4.78 is 6.49. The number of ether oxygens (including phenoxy) is 1. The largest absolute Gasteiger partial charge is 0.462 e. The lowest BCUT2D eigenvalue weighted by Crippen LogP contribution is -2.19. The summed E-state index contributed by atoms with van der Waals surface area (Å²) in [4.78, 5) is 11.6. The third-order valence-corrected chi connectivity index (χ3v) is 2.21. The van der Waals surface area contributed by atoms with Gasteiger partial charge in [0.25, 0.3) is 0 Å². The summed E-state index contributed by atoms with van der Waals surface area (Å²) in [5.74, 6) is 0.200. The lowest BCUT2D eigenvalue weighted by molar-refractivity contribution is -0.148. The van der Waals surface area contributed by atoms with Crippen molar-refractivity contribution in [2.45, 2.75) is 26.5 Å². The van der Waals surface area contributed by atoms with Gasteiger partial charge >= 0.3 is 5.97 Å². The van der Waals surface area contributed by atoms with E-state index in [1.807, 2.05) is 30.3 Å². The van der Waals surface area contributed by atoms with Crippen molar-refractivity contribution in [2.24, 2.45) is 0 Å². The summed E-state index contributed by atoms with van der Waals surface area (Å²) in [7, 11) is 0. The highest BCUT2D eigenvalue weighted by Gasteiger charge is 2.13. The number of hydrogen-bond donors (Lipinski definition) is 0. The Morgan fingerprint density at radius 1 is 1.33 bits per heavy atom. The number of carbonyl (C=O) groups is 1. The van der Waals surface area contributed by atoms with Gasteiger partial charge < -0.3 is 4.74 Å². The van der Waals surface area contributed by atoms with Crippen LogP contribution in [0.2, 0.25) is 0 Å². The molecule has 1 aromatic heterocycles. The SMILES string of the molecule is CC(C)OC(=O)Cn1nnnc1-c1ccccc1. The molecule has 0 aliphatic rings. The summed E-state index contributed by atoms with van der Waals surface area (Å²) in [5, 5.41) is 11.3. The van der Waals surface area contributed by atoms with E-state index >= 15 is 0 Å². The van der Waals surface area contributed by atoms with Crippen LogP contribution in [0.25, 0.3) is 11.4 Å². The summed E-state index contributed by atoms with van der Waals surface area (Å²) in [6.07, 6.45) is -0.144. The number of rotatable bonds is 4. The second-order valence-electron chi connectivity index (χ2n) is 4.06. The maximum Gasteiger partial charge on any atom is 0.328 e. The van der Waals surface area contributed by atoms with Crippen molar-refractivity contribution >= 4 is 5.97 Å². The summed E-state index contributed by atoms with van der Waals surface area (Å²) in [6, 6.07) is 9.46. The van der Waals surface area contributed by atoms with Crippen LogP contribution < -0.4 is 0 Å². The average molecular weight is 246 g/mol. The quantitative estimate of drug-likeness (QED) is 0.760. The maximum atomic E-state index is 11.6. The zero-order chi connectivity index (χ0) is 13.0. The normalized spacial score (nSPS) is 10.6. The van der Waals surface area contributed by atoms with E-state index in [9.17, 15) is 4.79 Å². The predicted octanol–water partition coefficient (Wildman–Crippen LogP) is 1.29. The Bertz CT molecular complexity index is 522. The number of benzene rings is 1. The fourth-order valence-electron chi connectivity index (χ4n) is 1.53. The molecule has 0 radical (unpaired) electrons. The minimum Gasteiger partial charge on any atom is -0.462 e. The predicted molar refractivity (Wildman–Crippen MR) is 64.5 cm³/mol. The van der Waals surface area contributed by atoms with E-state index in [-0.39, 0.29) is 18.6 Å². The third-order valence-electron chi connectivity index (χ3n) is 2.21. The van der Waals surface area contributed by atoms with Gasteiger partial charge in [0.1, 0.15) is 6.54 Å². The van der Waals surface area contributed by atoms with Crippen molar-refractivity contribution in [1.82, 2.24) is 20.2 Å². The number of tetrazole rings is 1. The molecule has 0 N–H and O–H groups in total. The third kappa shape index (κ3) is 2.91. The van der Waals surface area contributed by atoms with Gasteiger partial charge in [-0.1, -0.05) is 30.3 Å². The number of carbonyl (C=O) groups excluding carboxylic acids is 1. The van der Waals surface area contributed by atoms with Crippen LogP contribution in [0, 0.1) is 0 Å². The molecule has 0 fully saturated rings. The van der Waals surface area contributed by atoms with Crippen LogP contribution in [0.3, 0.4) is 0 Å². The molecule has 0 saturated carbocycles. The molecule has 0 bridgehead atoms. The first kappa shape index (κ1) is 12.2. The van der Waals surface area contributed by atoms with Crippen molar-refractivity contribution in [2.75, 3.05) is 0 Å². The second-order valence-corrected chi connectivity index (χ2v) is 4.06. The van der Waals surface area contributed by atoms with Gasteiger partial charge in [-0.05, 0) is 24.3 Å². The minimum atomic E-state index is -0.352. The number of esters is 1. The van der Waals surface area contributed by atoms with E-state index in [4.69, 9.17) is 4.74 Å². The molecule has 2 rings (SSSR count). The molecule has 6 nitrogen and oxygen atoms in total. The van der Waals surface area contributed by atoms with Gasteiger partial charge in [-0.25, -0.2) is 4.68 Å². The molecule has 0 aliphatic heterocycles. The molecular weight excluding hydrogens is 232 g/mol. The topological polar surface area (TPSA) is 69.9 Å². The van der Waals surface area contributed by atoms with E-state index in [1.54, 1.807) is 13.8 Å². The number of nitrogens with zero attached hydrogens (tertiary/aromatic N) is 4. The van der Waals surface area contributed by atoms with E-state index in [2.05, 4.69) is 15.5 Å². The molecule has 6 heteroatoms. The zero-order valence-electron chi connectivity index (χ0n) is 10.3. The van der Waals surface area contributed by atoms with Gasteiger partial charge in [0.2, 0.25) is 0 Å². The fraction of sp³-hybridized carbons (Fsp3) is 0.333. The Labute approximate surface area is 105 Å². The molecule has 0 aliphatic carbocycles. The molecule has 1 aromatic carbocycles. The van der Waals surface area contributed by atoms with Crippen molar-refractivity contribution in [3.63, 3.8) is 0 Å². The highest BCUT2D eigenvalue weighted by atomic mass is 16.5. The molecule has 0 atom stereocenters. The Hall–Kier alpha value is -2.24. The molecule has 0 saturated heterocycles. The highest BCUT2D eigenvalue weighted by Crippen LogP contribution is 2.14. The Balaban J connectivity index is 2.16. The lowest BCUT2D eigenvalue weighted by atomic mass is 10.2. The van der Waals surface area contributed by atoms with E-state index in [0.29, 0.717) is 5.82 Å². The van der Waals surface area contributed by atoms with Crippen molar-refractivity contribution in [3.8, 4) is 11.4 Å². The molecule has 2 aromatic rings. The highest BCUT2D eigenvalue weighted by molar-refractivity contribution is 5.70. The van der Waals surface area contributed by atoms with Crippen LogP contribution in [0.1, 0.15) is 13.8 Å². The van der Waals surface area contributed by atoms with Crippen LogP contribution in [-0.4, -0.2) is 32.3 Å². The van der Waals surface area contributed by atoms with E-state index < -0.39 is 0 Å². The maximum absolute atomic E-state index is 11.6. The van der Waals surface area contributed by atoms with Crippen molar-refractivity contribution < 1.29 is 9.53 Å². The van der Waals surface area contributed by atoms with Gasteiger partial charge in [0, 0.05) is 5.56 Å². The van der Waals surface area contributed by atoms with Gasteiger partial charge in [-0.15, -0.1) is 5.10 Å². The first-order valence-electron chi connectivity index (χ1n) is 5.68. The molecule has 0 unspecified atom stereocenters. The van der Waals surface area contributed by atoms with E-state index in [0.717, 1.165) is 5.56 Å². The summed E-state index contributed by atoms with van der Waals surface area (Å²) >= 11 is 0. The number of aromatic nitrogens is 4. The first-order chi connectivity index (χ1) is 8.66. The summed E-state index contributed by atoms with van der Waals surface area (Å²) in [6.45, 7) is 3.61. The minimum absolute atomic E-state index is 0.00933. The van der Waals surface area contributed by atoms with E-state index in [1.165, 1.54) is 4.68 Å². The van der Waals surface area contributed by atoms with Crippen LogP contribution in [0.15, 0.2) is 30.3 Å². The Kier molecular flexibility index (Phi) is 3.66. The molecular formula is C12H14N4O2. The fourth-order valence-corrected chi connectivity index (χ4v) is 1.53. The molecule has 18 heavy (non-hydrogen) atoms. The molecule has 1 heterocycles. The first-order valence-corrected chi connectivity index (χ1v) is 5.68. The molecule has 0 amide bonds. The zero-order valence-corrected chi connectivity index (χ0v) is 10.3. The van der Waals surface area contributed by atoms with Crippen LogP contribution >= 0.6 is 0 Å². The van der Waals surface area contributed by atoms with Crippen LogP contribution in [-0.2, 0) is 16.1 Å².